The van der Waals surface area contributed by atoms with Crippen molar-refractivity contribution in [2.75, 3.05) is 11.9 Å². The summed E-state index contributed by atoms with van der Waals surface area (Å²) in [6.07, 6.45) is -0.733. The summed E-state index contributed by atoms with van der Waals surface area (Å²) < 4.78 is 5.92. The lowest BCUT2D eigenvalue weighted by atomic mass is 10.1. The second kappa shape index (κ2) is 11.2. The number of nitrogens with zero attached hydrogens (tertiary/aromatic N) is 1. The molecule has 1 unspecified atom stereocenters. The molecule has 0 aliphatic carbocycles. The van der Waals surface area contributed by atoms with Crippen molar-refractivity contribution in [2.24, 2.45) is 0 Å². The smallest absolute Gasteiger partial charge is 0.267 e. The first-order chi connectivity index (χ1) is 17.0. The number of hydrogen-bond acceptors (Lipinski definition) is 3. The SMILES string of the molecule is CC(Oc1ccc(-c2ccccc2)cc1)C(=O)N(C)c1ccccc1C(=O)NCc1ccccc1. The van der Waals surface area contributed by atoms with Crippen LogP contribution in [0, 0.1) is 0 Å². The van der Waals surface area contributed by atoms with Crippen molar-refractivity contribution < 1.29 is 14.3 Å². The maximum atomic E-state index is 13.2. The molecule has 0 aromatic heterocycles. The summed E-state index contributed by atoms with van der Waals surface area (Å²) in [4.78, 5) is 27.5. The van der Waals surface area contributed by atoms with Gasteiger partial charge in [0.25, 0.3) is 11.8 Å². The molecule has 0 spiro atoms. The Morgan fingerprint density at radius 3 is 2.03 bits per heavy atom. The Bertz CT molecular complexity index is 1270. The van der Waals surface area contributed by atoms with Crippen LogP contribution in [0.15, 0.2) is 109 Å². The van der Waals surface area contributed by atoms with E-state index >= 15 is 0 Å². The van der Waals surface area contributed by atoms with E-state index in [9.17, 15) is 9.59 Å². The molecule has 0 fully saturated rings. The molecule has 0 radical (unpaired) electrons. The van der Waals surface area contributed by atoms with E-state index in [1.165, 1.54) is 4.90 Å². The third-order valence-corrected chi connectivity index (χ3v) is 5.76. The van der Waals surface area contributed by atoms with Crippen LogP contribution in [-0.4, -0.2) is 25.0 Å². The van der Waals surface area contributed by atoms with E-state index in [0.29, 0.717) is 23.5 Å². The van der Waals surface area contributed by atoms with Crippen LogP contribution in [0.3, 0.4) is 0 Å². The second-order valence-electron chi connectivity index (χ2n) is 8.23. The van der Waals surface area contributed by atoms with Crippen molar-refractivity contribution in [3.05, 3.63) is 120 Å². The fourth-order valence-electron chi connectivity index (χ4n) is 3.83. The average molecular weight is 465 g/mol. The molecule has 0 saturated heterocycles. The molecular formula is C30H28N2O3. The van der Waals surface area contributed by atoms with E-state index in [-0.39, 0.29) is 11.8 Å². The summed E-state index contributed by atoms with van der Waals surface area (Å²) in [5.41, 5.74) is 4.15. The van der Waals surface area contributed by atoms with E-state index in [4.69, 9.17) is 4.74 Å². The van der Waals surface area contributed by atoms with E-state index in [0.717, 1.165) is 16.7 Å². The molecule has 1 atom stereocenters. The number of amides is 2. The number of carbonyl (C=O) groups excluding carboxylic acids is 2. The maximum Gasteiger partial charge on any atom is 0.267 e. The Morgan fingerprint density at radius 1 is 0.771 bits per heavy atom. The van der Waals surface area contributed by atoms with Gasteiger partial charge in [0.15, 0.2) is 6.10 Å². The molecule has 0 aliphatic heterocycles. The molecule has 0 heterocycles. The standard InChI is InChI=1S/C30H28N2O3/c1-22(35-26-19-17-25(18-20-26)24-13-7-4-8-14-24)30(34)32(2)28-16-10-9-15-27(28)29(33)31-21-23-11-5-3-6-12-23/h3-20,22H,21H2,1-2H3,(H,31,33). The zero-order valence-corrected chi connectivity index (χ0v) is 19.8. The normalized spacial score (nSPS) is 11.4. The van der Waals surface area contributed by atoms with Gasteiger partial charge in [0, 0.05) is 13.6 Å². The van der Waals surface area contributed by atoms with Crippen LogP contribution in [-0.2, 0) is 11.3 Å². The highest BCUT2D eigenvalue weighted by Gasteiger charge is 2.24. The summed E-state index contributed by atoms with van der Waals surface area (Å²) in [5, 5.41) is 2.93. The second-order valence-corrected chi connectivity index (χ2v) is 8.23. The van der Waals surface area contributed by atoms with Crippen LogP contribution in [0.1, 0.15) is 22.8 Å². The molecule has 4 aromatic carbocycles. The van der Waals surface area contributed by atoms with E-state index in [2.05, 4.69) is 5.32 Å². The number of hydrogen-bond donors (Lipinski definition) is 1. The van der Waals surface area contributed by atoms with Crippen LogP contribution in [0.4, 0.5) is 5.69 Å². The van der Waals surface area contributed by atoms with E-state index in [1.807, 2.05) is 84.9 Å². The molecule has 5 heteroatoms. The first-order valence-corrected chi connectivity index (χ1v) is 11.5. The fraction of sp³-hybridized carbons (Fsp3) is 0.133. The Morgan fingerprint density at radius 2 is 1.34 bits per heavy atom. The minimum absolute atomic E-state index is 0.242. The number of likely N-dealkylation sites (N-methyl/N-ethyl adjacent to an activating group) is 1. The Hall–Kier alpha value is -4.38. The predicted molar refractivity (Wildman–Crippen MR) is 139 cm³/mol. The molecule has 176 valence electrons. The largest absolute Gasteiger partial charge is 0.481 e. The number of anilines is 1. The van der Waals surface area contributed by atoms with Crippen LogP contribution in [0.25, 0.3) is 11.1 Å². The third-order valence-electron chi connectivity index (χ3n) is 5.76. The zero-order valence-electron chi connectivity index (χ0n) is 19.8. The van der Waals surface area contributed by atoms with Gasteiger partial charge in [-0.3, -0.25) is 9.59 Å². The quantitative estimate of drug-likeness (QED) is 0.363. The van der Waals surface area contributed by atoms with Crippen molar-refractivity contribution >= 4 is 17.5 Å². The van der Waals surface area contributed by atoms with Crippen molar-refractivity contribution in [3.63, 3.8) is 0 Å². The zero-order chi connectivity index (χ0) is 24.6. The summed E-state index contributed by atoms with van der Waals surface area (Å²) in [6, 6.07) is 34.5. The minimum Gasteiger partial charge on any atom is -0.481 e. The number of benzene rings is 4. The summed E-state index contributed by atoms with van der Waals surface area (Å²) in [7, 11) is 1.66. The average Bonchev–Trinajstić information content (AvgIpc) is 2.92. The van der Waals surface area contributed by atoms with Gasteiger partial charge in [-0.15, -0.1) is 0 Å². The number of nitrogens with one attached hydrogen (secondary N) is 1. The fourth-order valence-corrected chi connectivity index (χ4v) is 3.83. The molecule has 4 rings (SSSR count). The molecule has 1 N–H and O–H groups in total. The molecule has 0 bridgehead atoms. The lowest BCUT2D eigenvalue weighted by Gasteiger charge is -2.24. The lowest BCUT2D eigenvalue weighted by Crippen LogP contribution is -2.39. The number of carbonyl (C=O) groups is 2. The molecule has 35 heavy (non-hydrogen) atoms. The van der Waals surface area contributed by atoms with Gasteiger partial charge in [0.05, 0.1) is 11.3 Å². The number of para-hydroxylation sites is 1. The van der Waals surface area contributed by atoms with E-state index in [1.54, 1.807) is 38.2 Å². The first-order valence-electron chi connectivity index (χ1n) is 11.5. The van der Waals surface area contributed by atoms with Gasteiger partial charge in [-0.25, -0.2) is 0 Å². The summed E-state index contributed by atoms with van der Waals surface area (Å²) in [5.74, 6) is 0.113. The Labute approximate surface area is 206 Å². The summed E-state index contributed by atoms with van der Waals surface area (Å²) >= 11 is 0. The van der Waals surface area contributed by atoms with Crippen molar-refractivity contribution in [1.82, 2.24) is 5.32 Å². The molecular weight excluding hydrogens is 436 g/mol. The third kappa shape index (κ3) is 5.95. The van der Waals surface area contributed by atoms with Gasteiger partial charge < -0.3 is 15.0 Å². The molecule has 0 aliphatic rings. The van der Waals surface area contributed by atoms with Gasteiger partial charge in [-0.2, -0.15) is 0 Å². The monoisotopic (exact) mass is 464 g/mol. The van der Waals surface area contributed by atoms with Gasteiger partial charge in [-0.1, -0.05) is 84.9 Å². The van der Waals surface area contributed by atoms with Crippen molar-refractivity contribution in [1.29, 1.82) is 0 Å². The Balaban J connectivity index is 1.42. The van der Waals surface area contributed by atoms with Crippen LogP contribution >= 0.6 is 0 Å². The molecule has 4 aromatic rings. The lowest BCUT2D eigenvalue weighted by molar-refractivity contribution is -0.124. The number of ether oxygens (including phenoxy) is 1. The molecule has 5 nitrogen and oxygen atoms in total. The molecule has 2 amide bonds. The molecule has 0 saturated carbocycles. The number of rotatable bonds is 8. The highest BCUT2D eigenvalue weighted by molar-refractivity contribution is 6.05. The van der Waals surface area contributed by atoms with E-state index < -0.39 is 6.10 Å². The van der Waals surface area contributed by atoms with Crippen LogP contribution in [0.5, 0.6) is 5.75 Å². The van der Waals surface area contributed by atoms with Gasteiger partial charge in [0.1, 0.15) is 5.75 Å². The maximum absolute atomic E-state index is 13.2. The van der Waals surface area contributed by atoms with Crippen molar-refractivity contribution in [3.8, 4) is 16.9 Å². The van der Waals surface area contributed by atoms with Gasteiger partial charge >= 0.3 is 0 Å². The van der Waals surface area contributed by atoms with Gasteiger partial charge in [0.2, 0.25) is 0 Å². The van der Waals surface area contributed by atoms with Gasteiger partial charge in [-0.05, 0) is 47.9 Å². The Kier molecular flexibility index (Phi) is 7.58. The van der Waals surface area contributed by atoms with Crippen LogP contribution < -0.4 is 15.0 Å². The van der Waals surface area contributed by atoms with Crippen molar-refractivity contribution in [2.45, 2.75) is 19.6 Å². The highest BCUT2D eigenvalue weighted by Crippen LogP contribution is 2.24. The van der Waals surface area contributed by atoms with Crippen LogP contribution in [0.2, 0.25) is 0 Å². The summed E-state index contributed by atoms with van der Waals surface area (Å²) in [6.45, 7) is 2.12. The topological polar surface area (TPSA) is 58.6 Å². The highest BCUT2D eigenvalue weighted by atomic mass is 16.5. The first kappa shape index (κ1) is 23.8. The predicted octanol–water partition coefficient (Wildman–Crippen LogP) is 5.71. The minimum atomic E-state index is -0.733.